The van der Waals surface area contributed by atoms with Crippen LogP contribution in [-0.2, 0) is 0 Å². The maximum Gasteiger partial charge on any atom is 0.273 e. The van der Waals surface area contributed by atoms with Crippen LogP contribution in [0, 0.1) is 0 Å². The van der Waals surface area contributed by atoms with Gasteiger partial charge in [0.05, 0.1) is 24.6 Å². The lowest BCUT2D eigenvalue weighted by molar-refractivity contribution is 0.0846. The highest BCUT2D eigenvalue weighted by Gasteiger charge is 2.21. The van der Waals surface area contributed by atoms with Crippen LogP contribution in [0.2, 0.25) is 0 Å². The molecule has 144 valence electrons. The zero-order chi connectivity index (χ0) is 20.1. The van der Waals surface area contributed by atoms with Gasteiger partial charge >= 0.3 is 0 Å². The molecule has 0 saturated carbocycles. The van der Waals surface area contributed by atoms with Crippen LogP contribution >= 0.6 is 0 Å². The second-order valence-electron chi connectivity index (χ2n) is 6.33. The molecule has 1 aromatic carbocycles. The molecular weight excluding hydrogens is 358 g/mol. The third-order valence-corrected chi connectivity index (χ3v) is 4.11. The lowest BCUT2D eigenvalue weighted by Gasteiger charge is -2.12. The highest BCUT2D eigenvalue weighted by molar-refractivity contribution is 5.99. The number of aromatic nitrogens is 3. The lowest BCUT2D eigenvalue weighted by Crippen LogP contribution is -2.41. The van der Waals surface area contributed by atoms with Gasteiger partial charge in [0.1, 0.15) is 5.75 Å². The van der Waals surface area contributed by atoms with E-state index in [0.29, 0.717) is 28.4 Å². The Balaban J connectivity index is 1.75. The van der Waals surface area contributed by atoms with Crippen molar-refractivity contribution in [3.8, 4) is 11.6 Å². The minimum atomic E-state index is -0.451. The third kappa shape index (κ3) is 4.01. The summed E-state index contributed by atoms with van der Waals surface area (Å²) in [4.78, 5) is 29.1. The van der Waals surface area contributed by atoms with Crippen LogP contribution in [0.1, 0.15) is 46.2 Å². The van der Waals surface area contributed by atoms with Gasteiger partial charge in [0, 0.05) is 11.8 Å². The van der Waals surface area contributed by atoms with Gasteiger partial charge in [-0.15, -0.1) is 0 Å². The Kier molecular flexibility index (Phi) is 5.69. The normalized spacial score (nSPS) is 10.6. The van der Waals surface area contributed by atoms with E-state index in [-0.39, 0.29) is 5.92 Å². The van der Waals surface area contributed by atoms with Crippen molar-refractivity contribution >= 4 is 11.8 Å². The van der Waals surface area contributed by atoms with E-state index in [1.54, 1.807) is 42.3 Å². The topological polar surface area (TPSA) is 98.1 Å². The molecule has 0 radical (unpaired) electrons. The van der Waals surface area contributed by atoms with Crippen molar-refractivity contribution in [2.75, 3.05) is 7.11 Å². The number of hydrogen-bond acceptors (Lipinski definition) is 5. The van der Waals surface area contributed by atoms with E-state index in [9.17, 15) is 9.59 Å². The van der Waals surface area contributed by atoms with Crippen molar-refractivity contribution < 1.29 is 14.3 Å². The molecule has 0 aliphatic rings. The molecule has 2 aromatic heterocycles. The smallest absolute Gasteiger partial charge is 0.273 e. The van der Waals surface area contributed by atoms with Crippen LogP contribution in [0.15, 0.2) is 54.9 Å². The molecule has 0 spiro atoms. The Morgan fingerprint density at radius 1 is 1.04 bits per heavy atom. The van der Waals surface area contributed by atoms with E-state index in [1.807, 2.05) is 32.0 Å². The third-order valence-electron chi connectivity index (χ3n) is 4.11. The van der Waals surface area contributed by atoms with E-state index < -0.39 is 11.8 Å². The van der Waals surface area contributed by atoms with Crippen molar-refractivity contribution in [1.82, 2.24) is 25.6 Å². The Morgan fingerprint density at radius 3 is 2.36 bits per heavy atom. The number of benzene rings is 1. The fraction of sp³-hybridized carbons (Fsp3) is 0.200. The summed E-state index contributed by atoms with van der Waals surface area (Å²) >= 11 is 0. The van der Waals surface area contributed by atoms with Crippen LogP contribution < -0.4 is 15.6 Å². The molecule has 3 aromatic rings. The van der Waals surface area contributed by atoms with E-state index in [2.05, 4.69) is 20.9 Å². The van der Waals surface area contributed by atoms with Crippen molar-refractivity contribution in [2.45, 2.75) is 19.8 Å². The summed E-state index contributed by atoms with van der Waals surface area (Å²) < 4.78 is 6.69. The predicted octanol–water partition coefficient (Wildman–Crippen LogP) is 2.47. The molecule has 28 heavy (non-hydrogen) atoms. The largest absolute Gasteiger partial charge is 0.497 e. The van der Waals surface area contributed by atoms with E-state index in [4.69, 9.17) is 4.74 Å². The molecule has 3 rings (SSSR count). The highest BCUT2D eigenvalue weighted by atomic mass is 16.5. The van der Waals surface area contributed by atoms with Gasteiger partial charge in [0.15, 0.2) is 5.82 Å². The highest BCUT2D eigenvalue weighted by Crippen LogP contribution is 2.22. The van der Waals surface area contributed by atoms with Crippen LogP contribution in [0.5, 0.6) is 5.75 Å². The summed E-state index contributed by atoms with van der Waals surface area (Å²) in [7, 11) is 1.55. The summed E-state index contributed by atoms with van der Waals surface area (Å²) in [5.41, 5.74) is 6.33. The molecule has 0 aliphatic heterocycles. The molecule has 2 heterocycles. The van der Waals surface area contributed by atoms with E-state index >= 15 is 0 Å². The number of nitrogens with zero attached hydrogens (tertiary/aromatic N) is 3. The van der Waals surface area contributed by atoms with Crippen LogP contribution in [0.4, 0.5) is 0 Å². The van der Waals surface area contributed by atoms with Gasteiger partial charge in [0.2, 0.25) is 0 Å². The van der Waals surface area contributed by atoms with Gasteiger partial charge in [0.25, 0.3) is 11.8 Å². The van der Waals surface area contributed by atoms with Crippen molar-refractivity contribution in [2.24, 2.45) is 0 Å². The maximum absolute atomic E-state index is 12.6. The van der Waals surface area contributed by atoms with Gasteiger partial charge in [-0.2, -0.15) is 5.10 Å². The minimum Gasteiger partial charge on any atom is -0.497 e. The Hall–Kier alpha value is -3.68. The quantitative estimate of drug-likeness (QED) is 0.664. The van der Waals surface area contributed by atoms with Crippen molar-refractivity contribution in [3.05, 3.63) is 71.7 Å². The number of amides is 2. The minimum absolute atomic E-state index is 0.0162. The molecule has 8 nitrogen and oxygen atoms in total. The van der Waals surface area contributed by atoms with Crippen LogP contribution in [0.3, 0.4) is 0 Å². The van der Waals surface area contributed by atoms with E-state index in [1.165, 1.54) is 6.20 Å². The Morgan fingerprint density at radius 2 is 1.75 bits per heavy atom. The molecule has 8 heteroatoms. The average Bonchev–Trinajstić information content (AvgIpc) is 3.18. The van der Waals surface area contributed by atoms with Gasteiger partial charge in [-0.05, 0) is 42.3 Å². The van der Waals surface area contributed by atoms with Gasteiger partial charge < -0.3 is 4.74 Å². The molecule has 0 bridgehead atoms. The van der Waals surface area contributed by atoms with E-state index in [0.717, 1.165) is 0 Å². The number of carbonyl (C=O) groups is 2. The molecule has 0 atom stereocenters. The number of hydrazine groups is 1. The molecule has 0 aliphatic carbocycles. The van der Waals surface area contributed by atoms with Crippen molar-refractivity contribution in [1.29, 1.82) is 0 Å². The van der Waals surface area contributed by atoms with Gasteiger partial charge in [-0.1, -0.05) is 19.9 Å². The number of ether oxygens (including phenoxy) is 1. The molecule has 0 unspecified atom stereocenters. The SMILES string of the molecule is COc1ccc(C(=O)NNC(=O)c2cnn(-c3ccccn3)c2C(C)C)cc1. The molecule has 2 amide bonds. The van der Waals surface area contributed by atoms with Gasteiger partial charge in [-0.25, -0.2) is 9.67 Å². The monoisotopic (exact) mass is 379 g/mol. The predicted molar refractivity (Wildman–Crippen MR) is 103 cm³/mol. The van der Waals surface area contributed by atoms with Crippen LogP contribution in [0.25, 0.3) is 5.82 Å². The first-order valence-corrected chi connectivity index (χ1v) is 8.75. The fourth-order valence-corrected chi connectivity index (χ4v) is 2.75. The molecule has 0 saturated heterocycles. The zero-order valence-electron chi connectivity index (χ0n) is 15.8. The summed E-state index contributed by atoms with van der Waals surface area (Å²) in [6.07, 6.45) is 3.13. The first-order chi connectivity index (χ1) is 13.5. The first-order valence-electron chi connectivity index (χ1n) is 8.75. The number of carbonyl (C=O) groups excluding carboxylic acids is 2. The average molecular weight is 379 g/mol. The standard InChI is InChI=1S/C20H21N5O3/c1-13(2)18-16(12-22-25(18)17-6-4-5-11-21-17)20(27)24-23-19(26)14-7-9-15(28-3)10-8-14/h4-13H,1-3H3,(H,23,26)(H,24,27). The Labute approximate surface area is 162 Å². The molecule has 2 N–H and O–H groups in total. The number of methoxy groups -OCH3 is 1. The lowest BCUT2D eigenvalue weighted by atomic mass is 10.1. The molecular formula is C20H21N5O3. The zero-order valence-corrected chi connectivity index (χ0v) is 15.8. The number of hydrogen-bond donors (Lipinski definition) is 2. The summed E-state index contributed by atoms with van der Waals surface area (Å²) in [6.45, 7) is 3.92. The number of nitrogens with one attached hydrogen (secondary N) is 2. The second kappa shape index (κ2) is 8.34. The van der Waals surface area contributed by atoms with Crippen LogP contribution in [-0.4, -0.2) is 33.7 Å². The first kappa shape index (κ1) is 19.1. The summed E-state index contributed by atoms with van der Waals surface area (Å²) in [5.74, 6) is 0.395. The Bertz CT molecular complexity index is 965. The second-order valence-corrected chi connectivity index (χ2v) is 6.33. The number of rotatable bonds is 5. The maximum atomic E-state index is 12.6. The fourth-order valence-electron chi connectivity index (χ4n) is 2.75. The number of pyridine rings is 1. The summed E-state index contributed by atoms with van der Waals surface area (Å²) in [5, 5.41) is 4.30. The van der Waals surface area contributed by atoms with Gasteiger partial charge in [-0.3, -0.25) is 20.4 Å². The van der Waals surface area contributed by atoms with Crippen molar-refractivity contribution in [3.63, 3.8) is 0 Å². The summed E-state index contributed by atoms with van der Waals surface area (Å²) in [6, 6.07) is 12.0. The molecule has 0 fully saturated rings.